The third kappa shape index (κ3) is 6.20. The van der Waals surface area contributed by atoms with E-state index in [2.05, 4.69) is 12.2 Å². The average Bonchev–Trinajstić information content (AvgIpc) is 2.91. The number of carbonyl (C=O) groups excluding carboxylic acids is 2. The summed E-state index contributed by atoms with van der Waals surface area (Å²) >= 11 is 0. The number of rotatable bonds is 7. The number of aldehydes is 1. The van der Waals surface area contributed by atoms with Crippen LogP contribution < -0.4 is 0 Å². The van der Waals surface area contributed by atoms with Gasteiger partial charge < -0.3 is 9.47 Å². The van der Waals surface area contributed by atoms with E-state index in [1.54, 1.807) is 4.90 Å². The second-order valence-corrected chi connectivity index (χ2v) is 8.67. The third-order valence-electron chi connectivity index (χ3n) is 4.76. The summed E-state index contributed by atoms with van der Waals surface area (Å²) in [6, 6.07) is 7.68. The Morgan fingerprint density at radius 2 is 1.93 bits per heavy atom. The van der Waals surface area contributed by atoms with E-state index in [4.69, 9.17) is 9.47 Å². The van der Waals surface area contributed by atoms with E-state index < -0.39 is 11.3 Å². The van der Waals surface area contributed by atoms with Gasteiger partial charge in [0.15, 0.2) is 0 Å². The summed E-state index contributed by atoms with van der Waals surface area (Å²) in [5.41, 5.74) is 0.645. The number of hydrogen-bond acceptors (Lipinski definition) is 4. The van der Waals surface area contributed by atoms with Gasteiger partial charge in [-0.05, 0) is 65.9 Å². The average molecular weight is 388 g/mol. The van der Waals surface area contributed by atoms with E-state index in [0.717, 1.165) is 43.1 Å². The fraction of sp³-hybridized carbons (Fsp3) is 0.565. The first kappa shape index (κ1) is 22.2. The minimum atomic E-state index is -0.657. The maximum Gasteiger partial charge on any atom is 0.412 e. The van der Waals surface area contributed by atoms with Crippen LogP contribution in [-0.2, 0) is 15.9 Å². The second-order valence-electron chi connectivity index (χ2n) is 8.67. The van der Waals surface area contributed by atoms with Gasteiger partial charge in [-0.3, -0.25) is 9.69 Å². The van der Waals surface area contributed by atoms with E-state index in [0.29, 0.717) is 6.61 Å². The largest absolute Gasteiger partial charge is 0.444 e. The molecular weight excluding hydrogens is 354 g/mol. The normalized spacial score (nSPS) is 19.2. The Labute approximate surface area is 168 Å². The fourth-order valence-corrected chi connectivity index (χ4v) is 3.42. The van der Waals surface area contributed by atoms with Gasteiger partial charge in [0, 0.05) is 5.56 Å². The van der Waals surface area contributed by atoms with Crippen LogP contribution in [0, 0.1) is 0 Å². The first-order valence-electron chi connectivity index (χ1n) is 9.98. The molecule has 5 heteroatoms. The summed E-state index contributed by atoms with van der Waals surface area (Å²) in [4.78, 5) is 25.4. The Balaban J connectivity index is 1.84. The number of nitrogens with zero attached hydrogens (tertiary/aromatic N) is 1. The number of allylic oxidation sites excluding steroid dienone is 2. The van der Waals surface area contributed by atoms with Crippen LogP contribution in [0.5, 0.6) is 0 Å². The zero-order valence-corrected chi connectivity index (χ0v) is 17.7. The molecule has 1 amide bonds. The topological polar surface area (TPSA) is 55.8 Å². The van der Waals surface area contributed by atoms with Crippen LogP contribution in [0.3, 0.4) is 0 Å². The number of benzene rings is 1. The fourth-order valence-electron chi connectivity index (χ4n) is 3.42. The van der Waals surface area contributed by atoms with Crippen LogP contribution in [0.15, 0.2) is 36.4 Å². The van der Waals surface area contributed by atoms with Crippen LogP contribution in [0.25, 0.3) is 0 Å². The maximum atomic E-state index is 12.6. The predicted molar refractivity (Wildman–Crippen MR) is 110 cm³/mol. The van der Waals surface area contributed by atoms with Crippen molar-refractivity contribution in [2.45, 2.75) is 77.7 Å². The molecule has 0 saturated carbocycles. The molecule has 1 aliphatic rings. The van der Waals surface area contributed by atoms with Crippen molar-refractivity contribution in [3.8, 4) is 0 Å². The predicted octanol–water partition coefficient (Wildman–Crippen LogP) is 5.14. The van der Waals surface area contributed by atoms with Gasteiger partial charge in [-0.15, -0.1) is 0 Å². The zero-order valence-electron chi connectivity index (χ0n) is 17.7. The smallest absolute Gasteiger partial charge is 0.412 e. The van der Waals surface area contributed by atoms with Crippen molar-refractivity contribution in [2.75, 3.05) is 6.61 Å². The van der Waals surface area contributed by atoms with Crippen LogP contribution in [0.2, 0.25) is 0 Å². The first-order chi connectivity index (χ1) is 13.1. The molecule has 1 fully saturated rings. The lowest BCUT2D eigenvalue weighted by atomic mass is 10.0. The van der Waals surface area contributed by atoms with Crippen molar-refractivity contribution in [3.63, 3.8) is 0 Å². The Morgan fingerprint density at radius 1 is 1.25 bits per heavy atom. The number of aryl methyl sites for hydroxylation is 1. The molecule has 0 aliphatic carbocycles. The molecule has 0 spiro atoms. The van der Waals surface area contributed by atoms with Gasteiger partial charge in [-0.1, -0.05) is 36.4 Å². The van der Waals surface area contributed by atoms with Gasteiger partial charge in [0.05, 0.1) is 12.6 Å². The van der Waals surface area contributed by atoms with Gasteiger partial charge in [-0.25, -0.2) is 4.79 Å². The monoisotopic (exact) mass is 387 g/mol. The van der Waals surface area contributed by atoms with Gasteiger partial charge in [-0.2, -0.15) is 0 Å². The lowest BCUT2D eigenvalue weighted by molar-refractivity contribution is -0.0626. The lowest BCUT2D eigenvalue weighted by Gasteiger charge is -2.35. The lowest BCUT2D eigenvalue weighted by Crippen LogP contribution is -2.49. The van der Waals surface area contributed by atoms with Crippen LogP contribution in [0.4, 0.5) is 4.79 Å². The highest BCUT2D eigenvalue weighted by Crippen LogP contribution is 2.31. The van der Waals surface area contributed by atoms with Crippen LogP contribution >= 0.6 is 0 Å². The molecule has 2 rings (SSSR count). The molecular formula is C23H33NO4. The molecule has 0 bridgehead atoms. The Kier molecular flexibility index (Phi) is 7.41. The molecule has 154 valence electrons. The molecule has 28 heavy (non-hydrogen) atoms. The van der Waals surface area contributed by atoms with E-state index in [-0.39, 0.29) is 12.1 Å². The second kappa shape index (κ2) is 9.37. The minimum absolute atomic E-state index is 0.00490. The molecule has 1 aromatic rings. The molecule has 1 saturated heterocycles. The summed E-state index contributed by atoms with van der Waals surface area (Å²) in [5.74, 6) is 0. The first-order valence-corrected chi connectivity index (χ1v) is 9.98. The van der Waals surface area contributed by atoms with Crippen molar-refractivity contribution >= 4 is 12.4 Å². The van der Waals surface area contributed by atoms with Crippen molar-refractivity contribution in [2.24, 2.45) is 0 Å². The van der Waals surface area contributed by atoms with Gasteiger partial charge >= 0.3 is 6.09 Å². The molecule has 1 aliphatic heterocycles. The summed E-state index contributed by atoms with van der Waals surface area (Å²) in [6.45, 7) is 9.93. The number of carbonyl (C=O) groups is 2. The SMILES string of the molecule is CC(C)(C)OC(=O)N1[C@@H](CC/C=C/CCc2ccccc2C=O)COC1(C)C. The number of amides is 1. The van der Waals surface area contributed by atoms with Crippen molar-refractivity contribution < 1.29 is 19.1 Å². The molecule has 1 aromatic carbocycles. The highest BCUT2D eigenvalue weighted by atomic mass is 16.6. The molecule has 0 unspecified atom stereocenters. The van der Waals surface area contributed by atoms with E-state index in [1.165, 1.54) is 0 Å². The molecule has 0 aromatic heterocycles. The molecule has 0 radical (unpaired) electrons. The Morgan fingerprint density at radius 3 is 2.61 bits per heavy atom. The maximum absolute atomic E-state index is 12.6. The summed E-state index contributed by atoms with van der Waals surface area (Å²) in [6.07, 6.45) is 8.27. The molecule has 0 N–H and O–H groups in total. The Hall–Kier alpha value is -2.14. The Bertz CT molecular complexity index is 703. The van der Waals surface area contributed by atoms with Crippen molar-refractivity contribution in [1.82, 2.24) is 4.90 Å². The van der Waals surface area contributed by atoms with Crippen LogP contribution in [-0.4, -0.2) is 41.3 Å². The molecule has 5 nitrogen and oxygen atoms in total. The van der Waals surface area contributed by atoms with E-state index in [1.807, 2.05) is 58.9 Å². The van der Waals surface area contributed by atoms with Gasteiger partial charge in [0.1, 0.15) is 17.6 Å². The number of ether oxygens (including phenoxy) is 2. The molecule has 1 heterocycles. The van der Waals surface area contributed by atoms with Gasteiger partial charge in [0.25, 0.3) is 0 Å². The van der Waals surface area contributed by atoms with E-state index >= 15 is 0 Å². The third-order valence-corrected chi connectivity index (χ3v) is 4.76. The molecule has 1 atom stereocenters. The standard InChI is InChI=1S/C23H33NO4/c1-22(2,3)28-21(26)24-20(17-27-23(24,4)5)15-9-7-6-8-12-18-13-10-11-14-19(18)16-25/h6-7,10-11,13-14,16,20H,8-9,12,15,17H2,1-5H3/b7-6+/t20-/m0/s1. The highest BCUT2D eigenvalue weighted by molar-refractivity contribution is 5.77. The summed E-state index contributed by atoms with van der Waals surface area (Å²) in [5, 5.41) is 0. The quantitative estimate of drug-likeness (QED) is 0.480. The summed E-state index contributed by atoms with van der Waals surface area (Å²) < 4.78 is 11.4. The van der Waals surface area contributed by atoms with E-state index in [9.17, 15) is 9.59 Å². The van der Waals surface area contributed by atoms with Crippen LogP contribution in [0.1, 0.15) is 69.8 Å². The zero-order chi connectivity index (χ0) is 20.8. The van der Waals surface area contributed by atoms with Gasteiger partial charge in [0.2, 0.25) is 0 Å². The van der Waals surface area contributed by atoms with Crippen molar-refractivity contribution in [3.05, 3.63) is 47.5 Å². The number of hydrogen-bond donors (Lipinski definition) is 0. The minimum Gasteiger partial charge on any atom is -0.444 e. The van der Waals surface area contributed by atoms with Crippen molar-refractivity contribution in [1.29, 1.82) is 0 Å². The summed E-state index contributed by atoms with van der Waals surface area (Å²) in [7, 11) is 0. The highest BCUT2D eigenvalue weighted by Gasteiger charge is 2.45.